The Balaban J connectivity index is 1.93. The van der Waals surface area contributed by atoms with E-state index in [-0.39, 0.29) is 11.4 Å². The summed E-state index contributed by atoms with van der Waals surface area (Å²) in [7, 11) is 0. The van der Waals surface area contributed by atoms with Crippen LogP contribution in [0.25, 0.3) is 0 Å². The fraction of sp³-hybridized carbons (Fsp3) is 0.194. The molecule has 4 aromatic carbocycles. The van der Waals surface area contributed by atoms with Gasteiger partial charge in [-0.25, -0.2) is 13.8 Å². The minimum Gasteiger partial charge on any atom is -0.507 e. The average Bonchev–Trinajstić information content (AvgIpc) is 2.85. The van der Waals surface area contributed by atoms with Gasteiger partial charge in [0.2, 0.25) is 0 Å². The van der Waals surface area contributed by atoms with Crippen molar-refractivity contribution in [2.75, 3.05) is 0 Å². The number of aliphatic imine (C=N–C) groups is 1. The SMILES string of the molecule is CC(C)(c1ccccc1)c1cc(C=Nc2c(F)cccc2F)c(O)c(C(C)(C)c2ccccc2)c1. The lowest BCUT2D eigenvalue weighted by Crippen LogP contribution is -2.24. The minimum atomic E-state index is -0.758. The topological polar surface area (TPSA) is 32.6 Å². The molecule has 0 aliphatic carbocycles. The Labute approximate surface area is 205 Å². The molecule has 0 amide bonds. The lowest BCUT2D eigenvalue weighted by molar-refractivity contribution is 0.451. The van der Waals surface area contributed by atoms with Gasteiger partial charge in [0.15, 0.2) is 11.6 Å². The monoisotopic (exact) mass is 469 g/mol. The van der Waals surface area contributed by atoms with Crippen LogP contribution in [-0.2, 0) is 10.8 Å². The molecular weight excluding hydrogens is 440 g/mol. The minimum absolute atomic E-state index is 0.0342. The third kappa shape index (κ3) is 4.74. The Kier molecular flexibility index (Phi) is 6.58. The van der Waals surface area contributed by atoms with Crippen molar-refractivity contribution in [3.8, 4) is 5.75 Å². The van der Waals surface area contributed by atoms with E-state index in [9.17, 15) is 13.9 Å². The highest BCUT2D eigenvalue weighted by Crippen LogP contribution is 2.42. The maximum Gasteiger partial charge on any atom is 0.151 e. The second-order valence-electron chi connectivity index (χ2n) is 9.77. The van der Waals surface area contributed by atoms with Crippen molar-refractivity contribution in [2.45, 2.75) is 38.5 Å². The van der Waals surface area contributed by atoms with E-state index in [4.69, 9.17) is 0 Å². The van der Waals surface area contributed by atoms with Gasteiger partial charge in [-0.15, -0.1) is 0 Å². The molecular formula is C31H29F2NO. The van der Waals surface area contributed by atoms with Crippen molar-refractivity contribution < 1.29 is 13.9 Å². The summed E-state index contributed by atoms with van der Waals surface area (Å²) in [4.78, 5) is 4.09. The molecule has 0 aliphatic heterocycles. The first-order valence-corrected chi connectivity index (χ1v) is 11.6. The van der Waals surface area contributed by atoms with Crippen LogP contribution in [0.2, 0.25) is 0 Å². The first kappa shape index (κ1) is 24.3. The molecule has 0 aromatic heterocycles. The summed E-state index contributed by atoms with van der Waals surface area (Å²) >= 11 is 0. The summed E-state index contributed by atoms with van der Waals surface area (Å²) in [6, 6.07) is 27.5. The maximum absolute atomic E-state index is 14.2. The van der Waals surface area contributed by atoms with E-state index < -0.39 is 22.5 Å². The number of para-hydroxylation sites is 1. The smallest absolute Gasteiger partial charge is 0.151 e. The van der Waals surface area contributed by atoms with E-state index in [1.54, 1.807) is 0 Å². The molecule has 2 nitrogen and oxygen atoms in total. The summed E-state index contributed by atoms with van der Waals surface area (Å²) in [6.45, 7) is 8.33. The Bertz CT molecular complexity index is 1340. The first-order valence-electron chi connectivity index (χ1n) is 11.6. The van der Waals surface area contributed by atoms with E-state index in [0.29, 0.717) is 11.1 Å². The molecule has 178 valence electrons. The lowest BCUT2D eigenvalue weighted by Gasteiger charge is -2.32. The van der Waals surface area contributed by atoms with Gasteiger partial charge in [0.1, 0.15) is 11.4 Å². The van der Waals surface area contributed by atoms with Crippen molar-refractivity contribution in [3.63, 3.8) is 0 Å². The summed E-state index contributed by atoms with van der Waals surface area (Å²) in [6.07, 6.45) is 1.34. The van der Waals surface area contributed by atoms with Crippen LogP contribution in [-0.4, -0.2) is 11.3 Å². The van der Waals surface area contributed by atoms with Gasteiger partial charge >= 0.3 is 0 Å². The van der Waals surface area contributed by atoms with E-state index in [1.165, 1.54) is 12.3 Å². The van der Waals surface area contributed by atoms with Crippen LogP contribution in [0.4, 0.5) is 14.5 Å². The van der Waals surface area contributed by atoms with Crippen LogP contribution in [0, 0.1) is 11.6 Å². The number of halogens is 2. The highest BCUT2D eigenvalue weighted by molar-refractivity contribution is 5.87. The molecule has 0 atom stereocenters. The van der Waals surface area contributed by atoms with E-state index >= 15 is 0 Å². The summed E-state index contributed by atoms with van der Waals surface area (Å²) in [5.41, 5.74) is 2.88. The van der Waals surface area contributed by atoms with E-state index in [2.05, 4.69) is 31.0 Å². The molecule has 0 saturated heterocycles. The number of hydrogen-bond acceptors (Lipinski definition) is 2. The maximum atomic E-state index is 14.2. The summed E-state index contributed by atoms with van der Waals surface area (Å²) in [5, 5.41) is 11.4. The first-order chi connectivity index (χ1) is 16.6. The van der Waals surface area contributed by atoms with Crippen LogP contribution in [0.5, 0.6) is 5.75 Å². The third-order valence-electron chi connectivity index (χ3n) is 6.80. The number of nitrogens with zero attached hydrogens (tertiary/aromatic N) is 1. The Morgan fingerprint density at radius 3 is 1.71 bits per heavy atom. The molecule has 1 N–H and O–H groups in total. The van der Waals surface area contributed by atoms with Crippen LogP contribution < -0.4 is 0 Å². The third-order valence-corrected chi connectivity index (χ3v) is 6.80. The molecule has 0 aliphatic rings. The van der Waals surface area contributed by atoms with Gasteiger partial charge in [-0.1, -0.05) is 100 Å². The molecule has 0 spiro atoms. The highest BCUT2D eigenvalue weighted by Gasteiger charge is 2.31. The van der Waals surface area contributed by atoms with Gasteiger partial charge in [-0.05, 0) is 34.9 Å². The van der Waals surface area contributed by atoms with E-state index in [1.807, 2.05) is 74.5 Å². The van der Waals surface area contributed by atoms with Crippen molar-refractivity contribution >= 4 is 11.9 Å². The normalized spacial score (nSPS) is 12.3. The molecule has 4 rings (SSSR count). The highest BCUT2D eigenvalue weighted by atomic mass is 19.1. The molecule has 0 fully saturated rings. The Morgan fingerprint density at radius 2 is 1.17 bits per heavy atom. The van der Waals surface area contributed by atoms with Gasteiger partial charge < -0.3 is 5.11 Å². The van der Waals surface area contributed by atoms with Crippen LogP contribution in [0.1, 0.15) is 55.5 Å². The van der Waals surface area contributed by atoms with Gasteiger partial charge in [-0.3, -0.25) is 0 Å². The number of phenols is 1. The van der Waals surface area contributed by atoms with Gasteiger partial charge in [-0.2, -0.15) is 0 Å². The predicted molar refractivity (Wildman–Crippen MR) is 139 cm³/mol. The number of benzene rings is 4. The second kappa shape index (κ2) is 9.46. The van der Waals surface area contributed by atoms with Crippen LogP contribution >= 0.6 is 0 Å². The molecule has 0 saturated carbocycles. The second-order valence-corrected chi connectivity index (χ2v) is 9.77. The fourth-order valence-corrected chi connectivity index (χ4v) is 4.37. The zero-order valence-electron chi connectivity index (χ0n) is 20.4. The van der Waals surface area contributed by atoms with Crippen LogP contribution in [0.3, 0.4) is 0 Å². The molecule has 4 aromatic rings. The summed E-state index contributed by atoms with van der Waals surface area (Å²) < 4.78 is 28.4. The average molecular weight is 470 g/mol. The fourth-order valence-electron chi connectivity index (χ4n) is 4.37. The van der Waals surface area contributed by atoms with Gasteiger partial charge in [0, 0.05) is 28.2 Å². The van der Waals surface area contributed by atoms with Crippen molar-refractivity contribution in [1.29, 1.82) is 0 Å². The Morgan fingerprint density at radius 1 is 0.657 bits per heavy atom. The summed E-state index contributed by atoms with van der Waals surface area (Å²) in [5.74, 6) is -1.48. The van der Waals surface area contributed by atoms with Crippen molar-refractivity contribution in [2.24, 2.45) is 4.99 Å². The number of aromatic hydroxyl groups is 1. The van der Waals surface area contributed by atoms with Crippen molar-refractivity contribution in [3.05, 3.63) is 130 Å². The largest absolute Gasteiger partial charge is 0.507 e. The Hall–Kier alpha value is -3.79. The van der Waals surface area contributed by atoms with Gasteiger partial charge in [0.05, 0.1) is 0 Å². The zero-order chi connectivity index (χ0) is 25.2. The van der Waals surface area contributed by atoms with Crippen LogP contribution in [0.15, 0.2) is 96.0 Å². The zero-order valence-corrected chi connectivity index (χ0v) is 20.4. The predicted octanol–water partition coefficient (Wildman–Crippen LogP) is 8.07. The molecule has 0 radical (unpaired) electrons. The quantitative estimate of drug-likeness (QED) is 0.285. The molecule has 4 heteroatoms. The van der Waals surface area contributed by atoms with E-state index in [0.717, 1.165) is 28.8 Å². The lowest BCUT2D eigenvalue weighted by atomic mass is 9.72. The van der Waals surface area contributed by atoms with Gasteiger partial charge in [0.25, 0.3) is 0 Å². The molecule has 35 heavy (non-hydrogen) atoms. The van der Waals surface area contributed by atoms with Crippen molar-refractivity contribution in [1.82, 2.24) is 0 Å². The standard InChI is InChI=1S/C31H29F2NO/c1-30(2,22-12-7-5-8-13-22)24-18-21(20-34-28-26(32)16-11-17-27(28)33)29(35)25(19-24)31(3,4)23-14-9-6-10-15-23/h5-20,35H,1-4H3. The molecule has 0 heterocycles. The number of phenolic OH excluding ortho intramolecular Hbond substituents is 1. The molecule has 0 bridgehead atoms. The molecule has 0 unspecified atom stereocenters. The number of rotatable bonds is 6. The number of hydrogen-bond donors (Lipinski definition) is 1.